The van der Waals surface area contributed by atoms with E-state index < -0.39 is 0 Å². The fraction of sp³-hybridized carbons (Fsp3) is 0.556. The summed E-state index contributed by atoms with van der Waals surface area (Å²) in [5.41, 5.74) is 1.12. The van der Waals surface area contributed by atoms with Crippen LogP contribution in [0.3, 0.4) is 0 Å². The molecule has 1 fully saturated rings. The largest absolute Gasteiger partial charge is 0.462 e. The molecule has 0 aliphatic carbocycles. The van der Waals surface area contributed by atoms with Crippen LogP contribution in [-0.4, -0.2) is 49.2 Å². The second-order valence-electron chi connectivity index (χ2n) is 6.06. The molecule has 1 aliphatic rings. The first kappa shape index (κ1) is 18.3. The minimum atomic E-state index is -0.357. The number of urea groups is 1. The lowest BCUT2D eigenvalue weighted by Gasteiger charge is -2.33. The molecule has 132 valence electrons. The van der Waals surface area contributed by atoms with Crippen LogP contribution >= 0.6 is 0 Å². The van der Waals surface area contributed by atoms with Gasteiger partial charge >= 0.3 is 12.0 Å². The molecule has 2 amide bonds. The molecule has 1 aromatic carbocycles. The van der Waals surface area contributed by atoms with E-state index in [9.17, 15) is 9.59 Å². The highest BCUT2D eigenvalue weighted by atomic mass is 16.5. The van der Waals surface area contributed by atoms with E-state index in [1.165, 1.54) is 19.3 Å². The van der Waals surface area contributed by atoms with Gasteiger partial charge < -0.3 is 15.4 Å². The average molecular weight is 333 g/mol. The third-order valence-corrected chi connectivity index (χ3v) is 4.28. The molecular weight excluding hydrogens is 306 g/mol. The summed E-state index contributed by atoms with van der Waals surface area (Å²) in [6.45, 7) is 6.96. The normalized spacial score (nSPS) is 18.0. The molecule has 2 rings (SSSR count). The Kier molecular flexibility index (Phi) is 7.06. The second kappa shape index (κ2) is 9.27. The first-order valence-corrected chi connectivity index (χ1v) is 8.66. The van der Waals surface area contributed by atoms with Gasteiger partial charge in [0.25, 0.3) is 0 Å². The first-order valence-electron chi connectivity index (χ1n) is 8.66. The molecule has 1 aliphatic heterocycles. The zero-order chi connectivity index (χ0) is 17.4. The Morgan fingerprint density at radius 1 is 1.25 bits per heavy atom. The van der Waals surface area contributed by atoms with Crippen LogP contribution in [0.15, 0.2) is 24.3 Å². The van der Waals surface area contributed by atoms with Crippen molar-refractivity contribution in [3.63, 3.8) is 0 Å². The Morgan fingerprint density at radius 2 is 2.00 bits per heavy atom. The van der Waals surface area contributed by atoms with Crippen LogP contribution in [0.4, 0.5) is 10.5 Å². The summed E-state index contributed by atoms with van der Waals surface area (Å²) in [5, 5.41) is 5.64. The quantitative estimate of drug-likeness (QED) is 0.785. The smallest absolute Gasteiger partial charge is 0.338 e. The number of piperidine rings is 1. The van der Waals surface area contributed by atoms with E-state index in [0.717, 1.165) is 13.1 Å². The maximum absolute atomic E-state index is 11.9. The van der Waals surface area contributed by atoms with Crippen LogP contribution in [0.5, 0.6) is 0 Å². The van der Waals surface area contributed by atoms with Gasteiger partial charge in [-0.05, 0) is 57.5 Å². The number of esters is 1. The van der Waals surface area contributed by atoms with Crippen molar-refractivity contribution in [1.29, 1.82) is 0 Å². The fourth-order valence-corrected chi connectivity index (χ4v) is 2.88. The minimum Gasteiger partial charge on any atom is -0.462 e. The maximum Gasteiger partial charge on any atom is 0.338 e. The molecule has 1 saturated heterocycles. The van der Waals surface area contributed by atoms with Crippen LogP contribution in [0.1, 0.15) is 43.5 Å². The number of carbonyl (C=O) groups excluding carboxylic acids is 2. The van der Waals surface area contributed by atoms with E-state index >= 15 is 0 Å². The standard InChI is InChI=1S/C18H27N3O3/c1-3-24-17(22)15-7-9-16(10-8-15)20-18(23)19-11-13-21-12-5-4-6-14(21)2/h7-10,14H,3-6,11-13H2,1-2H3,(H2,19,20,23)/t14-/m0/s1. The molecule has 0 spiro atoms. The molecule has 6 nitrogen and oxygen atoms in total. The van der Waals surface area contributed by atoms with Gasteiger partial charge in [0, 0.05) is 24.8 Å². The Labute approximate surface area is 143 Å². The number of nitrogens with one attached hydrogen (secondary N) is 2. The summed E-state index contributed by atoms with van der Waals surface area (Å²) in [6, 6.07) is 7.03. The molecule has 0 unspecified atom stereocenters. The molecule has 6 heteroatoms. The van der Waals surface area contributed by atoms with E-state index in [4.69, 9.17) is 4.74 Å². The minimum absolute atomic E-state index is 0.233. The van der Waals surface area contributed by atoms with Crippen molar-refractivity contribution < 1.29 is 14.3 Å². The lowest BCUT2D eigenvalue weighted by molar-refractivity contribution is 0.0526. The van der Waals surface area contributed by atoms with E-state index in [-0.39, 0.29) is 12.0 Å². The van der Waals surface area contributed by atoms with E-state index in [2.05, 4.69) is 22.5 Å². The number of benzene rings is 1. The molecule has 0 bridgehead atoms. The Morgan fingerprint density at radius 3 is 2.67 bits per heavy atom. The number of nitrogens with zero attached hydrogens (tertiary/aromatic N) is 1. The molecule has 1 atom stereocenters. The highest BCUT2D eigenvalue weighted by Gasteiger charge is 2.17. The summed E-state index contributed by atoms with van der Waals surface area (Å²) >= 11 is 0. The van der Waals surface area contributed by atoms with Gasteiger partial charge in [0.15, 0.2) is 0 Å². The van der Waals surface area contributed by atoms with Crippen molar-refractivity contribution in [2.75, 3.05) is 31.6 Å². The lowest BCUT2D eigenvalue weighted by atomic mass is 10.0. The van der Waals surface area contributed by atoms with Crippen molar-refractivity contribution in [3.8, 4) is 0 Å². The molecule has 0 aromatic heterocycles. The number of hydrogen-bond acceptors (Lipinski definition) is 4. The number of likely N-dealkylation sites (tertiary alicyclic amines) is 1. The number of rotatable bonds is 6. The maximum atomic E-state index is 11.9. The molecular formula is C18H27N3O3. The highest BCUT2D eigenvalue weighted by Crippen LogP contribution is 2.15. The summed E-state index contributed by atoms with van der Waals surface area (Å²) in [7, 11) is 0. The van der Waals surface area contributed by atoms with Gasteiger partial charge in [-0.3, -0.25) is 4.90 Å². The van der Waals surface area contributed by atoms with Crippen LogP contribution in [0.25, 0.3) is 0 Å². The predicted molar refractivity (Wildman–Crippen MR) is 94.3 cm³/mol. The fourth-order valence-electron chi connectivity index (χ4n) is 2.88. The van der Waals surface area contributed by atoms with Crippen molar-refractivity contribution in [2.24, 2.45) is 0 Å². The SMILES string of the molecule is CCOC(=O)c1ccc(NC(=O)NCCN2CCCC[C@@H]2C)cc1. The van der Waals surface area contributed by atoms with E-state index in [1.54, 1.807) is 31.2 Å². The van der Waals surface area contributed by atoms with Gasteiger partial charge in [0.05, 0.1) is 12.2 Å². The highest BCUT2D eigenvalue weighted by molar-refractivity contribution is 5.92. The Bertz CT molecular complexity index is 545. The van der Waals surface area contributed by atoms with Gasteiger partial charge in [-0.2, -0.15) is 0 Å². The lowest BCUT2D eigenvalue weighted by Crippen LogP contribution is -2.43. The van der Waals surface area contributed by atoms with E-state index in [0.29, 0.717) is 30.4 Å². The number of anilines is 1. The van der Waals surface area contributed by atoms with Crippen molar-refractivity contribution in [3.05, 3.63) is 29.8 Å². The molecule has 0 saturated carbocycles. The van der Waals surface area contributed by atoms with Gasteiger partial charge in [-0.15, -0.1) is 0 Å². The van der Waals surface area contributed by atoms with Crippen molar-refractivity contribution >= 4 is 17.7 Å². The number of amides is 2. The monoisotopic (exact) mass is 333 g/mol. The van der Waals surface area contributed by atoms with Crippen LogP contribution in [0, 0.1) is 0 Å². The summed E-state index contributed by atoms with van der Waals surface area (Å²) in [6.07, 6.45) is 3.77. The zero-order valence-corrected chi connectivity index (χ0v) is 14.5. The molecule has 24 heavy (non-hydrogen) atoms. The predicted octanol–water partition coefficient (Wildman–Crippen LogP) is 2.86. The van der Waals surface area contributed by atoms with Crippen LogP contribution < -0.4 is 10.6 Å². The van der Waals surface area contributed by atoms with Gasteiger partial charge in [0.1, 0.15) is 0 Å². The summed E-state index contributed by atoms with van der Waals surface area (Å²) < 4.78 is 4.92. The van der Waals surface area contributed by atoms with Crippen molar-refractivity contribution in [2.45, 2.75) is 39.2 Å². The van der Waals surface area contributed by atoms with Gasteiger partial charge in [-0.1, -0.05) is 6.42 Å². The zero-order valence-electron chi connectivity index (χ0n) is 14.5. The topological polar surface area (TPSA) is 70.7 Å². The van der Waals surface area contributed by atoms with Crippen LogP contribution in [0.2, 0.25) is 0 Å². The molecule has 2 N–H and O–H groups in total. The van der Waals surface area contributed by atoms with Crippen LogP contribution in [-0.2, 0) is 4.74 Å². The third-order valence-electron chi connectivity index (χ3n) is 4.28. The third kappa shape index (κ3) is 5.53. The molecule has 1 aromatic rings. The first-order chi connectivity index (χ1) is 11.6. The Balaban J connectivity index is 1.72. The number of carbonyl (C=O) groups is 2. The average Bonchev–Trinajstić information content (AvgIpc) is 2.57. The van der Waals surface area contributed by atoms with Crippen molar-refractivity contribution in [1.82, 2.24) is 10.2 Å². The molecule has 1 heterocycles. The Hall–Kier alpha value is -2.08. The number of hydrogen-bond donors (Lipinski definition) is 2. The summed E-state index contributed by atoms with van der Waals surface area (Å²) in [5.74, 6) is -0.357. The second-order valence-corrected chi connectivity index (χ2v) is 6.06. The summed E-state index contributed by atoms with van der Waals surface area (Å²) in [4.78, 5) is 25.9. The van der Waals surface area contributed by atoms with Gasteiger partial charge in [0.2, 0.25) is 0 Å². The molecule has 0 radical (unpaired) electrons. The number of ether oxygens (including phenoxy) is 1. The van der Waals surface area contributed by atoms with E-state index in [1.807, 2.05) is 0 Å². The van der Waals surface area contributed by atoms with Gasteiger partial charge in [-0.25, -0.2) is 9.59 Å².